The molecule has 8 heteroatoms. The minimum atomic E-state index is -0.860. The number of hydrogen-bond acceptors (Lipinski definition) is 5. The molecule has 1 atom stereocenters. The fraction of sp³-hybridized carbons (Fsp3) is 0.850. The van der Waals surface area contributed by atoms with Gasteiger partial charge in [-0.2, -0.15) is 0 Å². The minimum absolute atomic E-state index is 0.117. The Morgan fingerprint density at radius 2 is 2.04 bits per heavy atom. The molecule has 1 aromatic rings. The zero-order valence-corrected chi connectivity index (χ0v) is 16.3. The number of fused-ring (bicyclic) bond motifs is 2. The molecular weight excluding hydrogens is 363 g/mol. The lowest BCUT2D eigenvalue weighted by atomic mass is 9.82. The van der Waals surface area contributed by atoms with E-state index in [4.69, 9.17) is 9.47 Å². The maximum absolute atomic E-state index is 13.6. The van der Waals surface area contributed by atoms with Gasteiger partial charge in [0.15, 0.2) is 0 Å². The number of alkyl halides is 1. The SMILES string of the molecule is O=C(N1CCC(F)C1)C12CCC(n3cc(COC4CCOCC4)nn3)(CC1)C2. The van der Waals surface area contributed by atoms with E-state index in [-0.39, 0.29) is 29.5 Å². The van der Waals surface area contributed by atoms with Crippen molar-refractivity contribution in [2.45, 2.75) is 75.8 Å². The third kappa shape index (κ3) is 3.14. The second kappa shape index (κ2) is 7.06. The molecule has 2 aliphatic carbocycles. The van der Waals surface area contributed by atoms with Crippen LogP contribution in [0, 0.1) is 5.41 Å². The van der Waals surface area contributed by atoms with Crippen LogP contribution in [0.25, 0.3) is 0 Å². The van der Waals surface area contributed by atoms with E-state index in [1.807, 2.05) is 10.9 Å². The summed E-state index contributed by atoms with van der Waals surface area (Å²) in [6.07, 6.45) is 8.13. The van der Waals surface area contributed by atoms with Crippen LogP contribution in [0.3, 0.4) is 0 Å². The highest BCUT2D eigenvalue weighted by Crippen LogP contribution is 2.60. The Morgan fingerprint density at radius 1 is 1.25 bits per heavy atom. The number of ether oxygens (including phenoxy) is 2. The fourth-order valence-corrected chi connectivity index (χ4v) is 5.66. The van der Waals surface area contributed by atoms with E-state index in [0.29, 0.717) is 19.6 Å². The molecule has 2 bridgehead atoms. The van der Waals surface area contributed by atoms with Gasteiger partial charge in [-0.3, -0.25) is 4.79 Å². The smallest absolute Gasteiger partial charge is 0.228 e. The maximum Gasteiger partial charge on any atom is 0.228 e. The third-order valence-corrected chi connectivity index (χ3v) is 7.34. The Hall–Kier alpha value is -1.54. The number of aromatic nitrogens is 3. The van der Waals surface area contributed by atoms with Gasteiger partial charge >= 0.3 is 0 Å². The van der Waals surface area contributed by atoms with Crippen molar-refractivity contribution in [3.05, 3.63) is 11.9 Å². The van der Waals surface area contributed by atoms with Crippen LogP contribution in [-0.4, -0.2) is 64.4 Å². The molecule has 2 saturated heterocycles. The van der Waals surface area contributed by atoms with E-state index >= 15 is 0 Å². The Labute approximate surface area is 164 Å². The van der Waals surface area contributed by atoms with Crippen LogP contribution in [0.4, 0.5) is 4.39 Å². The first-order valence-corrected chi connectivity index (χ1v) is 10.6. The summed E-state index contributed by atoms with van der Waals surface area (Å²) in [7, 11) is 0. The molecule has 154 valence electrons. The highest BCUT2D eigenvalue weighted by molar-refractivity contribution is 5.84. The second-order valence-electron chi connectivity index (χ2n) is 9.10. The lowest BCUT2D eigenvalue weighted by Gasteiger charge is -2.30. The van der Waals surface area contributed by atoms with Gasteiger partial charge in [-0.25, -0.2) is 9.07 Å². The van der Waals surface area contributed by atoms with Crippen LogP contribution >= 0.6 is 0 Å². The molecule has 2 aliphatic heterocycles. The first-order chi connectivity index (χ1) is 13.6. The molecule has 0 radical (unpaired) electrons. The number of rotatable bonds is 5. The number of carbonyl (C=O) groups is 1. The summed E-state index contributed by atoms with van der Waals surface area (Å²) in [5, 5.41) is 8.73. The first kappa shape index (κ1) is 18.5. The van der Waals surface area contributed by atoms with E-state index in [1.165, 1.54) is 0 Å². The molecule has 1 unspecified atom stereocenters. The molecule has 3 heterocycles. The van der Waals surface area contributed by atoms with Crippen molar-refractivity contribution in [1.82, 2.24) is 19.9 Å². The second-order valence-corrected chi connectivity index (χ2v) is 9.10. The lowest BCUT2D eigenvalue weighted by molar-refractivity contribution is -0.140. The van der Waals surface area contributed by atoms with Gasteiger partial charge in [0.25, 0.3) is 0 Å². The van der Waals surface area contributed by atoms with Crippen molar-refractivity contribution in [2.75, 3.05) is 26.3 Å². The summed E-state index contributed by atoms with van der Waals surface area (Å²) in [4.78, 5) is 14.9. The van der Waals surface area contributed by atoms with Gasteiger partial charge in [-0.1, -0.05) is 5.21 Å². The van der Waals surface area contributed by atoms with E-state index in [1.54, 1.807) is 4.90 Å². The Bertz CT molecular complexity index is 725. The monoisotopic (exact) mass is 392 g/mol. The van der Waals surface area contributed by atoms with Crippen LogP contribution in [0.1, 0.15) is 57.1 Å². The summed E-state index contributed by atoms with van der Waals surface area (Å²) in [6.45, 7) is 2.82. The van der Waals surface area contributed by atoms with Crippen LogP contribution < -0.4 is 0 Å². The number of carbonyl (C=O) groups excluding carboxylic acids is 1. The number of hydrogen-bond donors (Lipinski definition) is 0. The van der Waals surface area contributed by atoms with Crippen molar-refractivity contribution in [1.29, 1.82) is 0 Å². The topological polar surface area (TPSA) is 69.5 Å². The quantitative estimate of drug-likeness (QED) is 0.768. The predicted octanol–water partition coefficient (Wildman–Crippen LogP) is 2.20. The molecule has 0 spiro atoms. The molecule has 4 aliphatic rings. The Kier molecular flexibility index (Phi) is 4.66. The third-order valence-electron chi connectivity index (χ3n) is 7.34. The van der Waals surface area contributed by atoms with Crippen LogP contribution in [-0.2, 0) is 26.4 Å². The zero-order valence-electron chi connectivity index (χ0n) is 16.3. The lowest BCUT2D eigenvalue weighted by Crippen LogP contribution is -2.40. The van der Waals surface area contributed by atoms with E-state index in [2.05, 4.69) is 10.3 Å². The van der Waals surface area contributed by atoms with Crippen LogP contribution in [0.5, 0.6) is 0 Å². The molecule has 0 aromatic carbocycles. The van der Waals surface area contributed by atoms with Crippen molar-refractivity contribution < 1.29 is 18.7 Å². The minimum Gasteiger partial charge on any atom is -0.381 e. The summed E-state index contributed by atoms with van der Waals surface area (Å²) in [5.41, 5.74) is 0.403. The van der Waals surface area contributed by atoms with E-state index < -0.39 is 6.17 Å². The largest absolute Gasteiger partial charge is 0.381 e. The van der Waals surface area contributed by atoms with Crippen molar-refractivity contribution in [3.63, 3.8) is 0 Å². The van der Waals surface area contributed by atoms with Gasteiger partial charge in [0.05, 0.1) is 36.4 Å². The molecule has 1 aromatic heterocycles. The van der Waals surface area contributed by atoms with Gasteiger partial charge < -0.3 is 14.4 Å². The Balaban J connectivity index is 1.24. The van der Waals surface area contributed by atoms with Gasteiger partial charge in [0.2, 0.25) is 5.91 Å². The van der Waals surface area contributed by atoms with E-state index in [9.17, 15) is 9.18 Å². The molecule has 2 saturated carbocycles. The summed E-state index contributed by atoms with van der Waals surface area (Å²) in [6, 6.07) is 0. The summed E-state index contributed by atoms with van der Waals surface area (Å²) >= 11 is 0. The number of amides is 1. The predicted molar refractivity (Wildman–Crippen MR) is 98.2 cm³/mol. The first-order valence-electron chi connectivity index (χ1n) is 10.6. The standard InChI is InChI=1S/C20H29FN4O3/c21-15-1-8-24(11-15)18(26)19-4-6-20(14-19,7-5-19)25-12-16(22-23-25)13-28-17-2-9-27-10-3-17/h12,15,17H,1-11,13-14H2. The molecule has 7 nitrogen and oxygen atoms in total. The number of halogens is 1. The van der Waals surface area contributed by atoms with Crippen LogP contribution in [0.2, 0.25) is 0 Å². The highest BCUT2D eigenvalue weighted by atomic mass is 19.1. The molecule has 28 heavy (non-hydrogen) atoms. The zero-order chi connectivity index (χ0) is 19.2. The average Bonchev–Trinajstić information content (AvgIpc) is 3.50. The molecule has 0 N–H and O–H groups in total. The van der Waals surface area contributed by atoms with Crippen molar-refractivity contribution >= 4 is 5.91 Å². The molecule has 4 fully saturated rings. The molecule has 5 rings (SSSR count). The fourth-order valence-electron chi connectivity index (χ4n) is 5.66. The van der Waals surface area contributed by atoms with Gasteiger partial charge in [-0.05, 0) is 51.4 Å². The maximum atomic E-state index is 13.6. The van der Waals surface area contributed by atoms with Crippen molar-refractivity contribution in [3.8, 4) is 0 Å². The van der Waals surface area contributed by atoms with Gasteiger partial charge in [0, 0.05) is 19.8 Å². The molecule has 1 amide bonds. The number of nitrogens with zero attached hydrogens (tertiary/aromatic N) is 4. The van der Waals surface area contributed by atoms with Gasteiger partial charge in [-0.15, -0.1) is 5.10 Å². The number of likely N-dealkylation sites (tertiary alicyclic amines) is 1. The summed E-state index contributed by atoms with van der Waals surface area (Å²) < 4.78 is 26.9. The van der Waals surface area contributed by atoms with Gasteiger partial charge in [0.1, 0.15) is 11.9 Å². The van der Waals surface area contributed by atoms with Crippen molar-refractivity contribution in [2.24, 2.45) is 5.41 Å². The van der Waals surface area contributed by atoms with Crippen LogP contribution in [0.15, 0.2) is 6.20 Å². The molecular formula is C20H29FN4O3. The Morgan fingerprint density at radius 3 is 2.75 bits per heavy atom. The normalized spacial score (nSPS) is 35.8. The summed E-state index contributed by atoms with van der Waals surface area (Å²) in [5.74, 6) is 0.162. The van der Waals surface area contributed by atoms with E-state index in [0.717, 1.165) is 63.9 Å². The average molecular weight is 392 g/mol. The highest BCUT2D eigenvalue weighted by Gasteiger charge is 2.60.